The summed E-state index contributed by atoms with van der Waals surface area (Å²) >= 11 is 1.80. The predicted molar refractivity (Wildman–Crippen MR) is 56.2 cm³/mol. The van der Waals surface area contributed by atoms with Crippen LogP contribution in [0.25, 0.3) is 0 Å². The molecular weight excluding hydrogens is 186 g/mol. The van der Waals surface area contributed by atoms with Gasteiger partial charge in [-0.05, 0) is 24.9 Å². The number of urea groups is 1. The molecule has 74 valence electrons. The largest absolute Gasteiger partial charge is 0.385 e. The molecule has 5 heteroatoms. The van der Waals surface area contributed by atoms with Crippen molar-refractivity contribution in [3.63, 3.8) is 0 Å². The topological polar surface area (TPSA) is 58.7 Å². The number of carbonyl (C=O) groups excluding carboxylic acids is 1. The number of rotatable bonds is 4. The first-order valence-corrected chi connectivity index (χ1v) is 5.66. The minimum absolute atomic E-state index is 0.0275. The van der Waals surface area contributed by atoms with Crippen molar-refractivity contribution in [1.82, 2.24) is 4.90 Å². The number of hydrogen-bond donors (Lipinski definition) is 1. The average molecular weight is 201 g/mol. The Morgan fingerprint density at radius 3 is 2.85 bits per heavy atom. The second kappa shape index (κ2) is 4.50. The lowest BCUT2D eigenvalue weighted by atomic mass is 10.1. The molecular formula is C8H15N3OS. The number of amides is 2. The summed E-state index contributed by atoms with van der Waals surface area (Å²) in [6.45, 7) is 0. The van der Waals surface area contributed by atoms with Crippen molar-refractivity contribution in [3.05, 3.63) is 0 Å². The molecule has 1 atom stereocenters. The van der Waals surface area contributed by atoms with Crippen molar-refractivity contribution in [2.24, 2.45) is 10.7 Å². The van der Waals surface area contributed by atoms with Crippen LogP contribution < -0.4 is 5.73 Å². The van der Waals surface area contributed by atoms with Crippen LogP contribution in [0.4, 0.5) is 4.79 Å². The summed E-state index contributed by atoms with van der Waals surface area (Å²) in [5.74, 6) is 1.57. The molecule has 0 aromatic carbocycles. The van der Waals surface area contributed by atoms with Crippen LogP contribution >= 0.6 is 11.8 Å². The third kappa shape index (κ3) is 2.37. The van der Waals surface area contributed by atoms with Gasteiger partial charge >= 0.3 is 6.03 Å². The zero-order valence-electron chi connectivity index (χ0n) is 7.99. The lowest BCUT2D eigenvalue weighted by Crippen LogP contribution is -2.37. The Balaban J connectivity index is 2.41. The van der Waals surface area contributed by atoms with Gasteiger partial charge in [0.2, 0.25) is 0 Å². The van der Waals surface area contributed by atoms with Gasteiger partial charge in [0.1, 0.15) is 5.84 Å². The molecule has 0 aliphatic carbocycles. The Bertz CT molecular complexity index is 229. The lowest BCUT2D eigenvalue weighted by Gasteiger charge is -2.18. The summed E-state index contributed by atoms with van der Waals surface area (Å²) in [6.07, 6.45) is 4.05. The highest BCUT2D eigenvalue weighted by atomic mass is 32.2. The first-order chi connectivity index (χ1) is 6.16. The van der Waals surface area contributed by atoms with Crippen LogP contribution in [0.2, 0.25) is 0 Å². The molecule has 1 aliphatic rings. The Morgan fingerprint density at radius 1 is 1.69 bits per heavy atom. The smallest absolute Gasteiger partial charge is 0.345 e. The summed E-state index contributed by atoms with van der Waals surface area (Å²) in [7, 11) is 1.75. The summed E-state index contributed by atoms with van der Waals surface area (Å²) in [5, 5.41) is 0. The molecule has 4 nitrogen and oxygen atoms in total. The SMILES string of the molecule is CSCCCC1C(N)=NC(=O)N1C. The highest BCUT2D eigenvalue weighted by Crippen LogP contribution is 2.14. The van der Waals surface area contributed by atoms with Crippen LogP contribution in [-0.4, -0.2) is 41.9 Å². The second-order valence-corrected chi connectivity index (χ2v) is 4.07. The number of hydrogen-bond acceptors (Lipinski definition) is 3. The van der Waals surface area contributed by atoms with Gasteiger partial charge in [-0.15, -0.1) is 0 Å². The van der Waals surface area contributed by atoms with Crippen molar-refractivity contribution in [2.75, 3.05) is 19.1 Å². The first kappa shape index (κ1) is 10.4. The standard InChI is InChI=1S/C8H15N3OS/c1-11-6(4-3-5-13-2)7(9)10-8(11)12/h6H,3-5H2,1-2H3,(H2,9,10,12). The molecule has 0 aromatic rings. The van der Waals surface area contributed by atoms with Gasteiger partial charge in [-0.3, -0.25) is 0 Å². The van der Waals surface area contributed by atoms with E-state index in [9.17, 15) is 4.79 Å². The van der Waals surface area contributed by atoms with E-state index in [2.05, 4.69) is 11.2 Å². The maximum atomic E-state index is 11.1. The normalized spacial score (nSPS) is 22.3. The van der Waals surface area contributed by atoms with E-state index in [0.717, 1.165) is 18.6 Å². The number of aliphatic imine (C=N–C) groups is 1. The third-order valence-corrected chi connectivity index (χ3v) is 2.86. The van der Waals surface area contributed by atoms with Crippen molar-refractivity contribution in [1.29, 1.82) is 0 Å². The number of thioether (sulfide) groups is 1. The van der Waals surface area contributed by atoms with Crippen LogP contribution in [-0.2, 0) is 0 Å². The molecule has 0 radical (unpaired) electrons. The van der Waals surface area contributed by atoms with E-state index in [-0.39, 0.29) is 12.1 Å². The molecule has 0 saturated carbocycles. The zero-order chi connectivity index (χ0) is 9.84. The zero-order valence-corrected chi connectivity index (χ0v) is 8.80. The average Bonchev–Trinajstić information content (AvgIpc) is 2.32. The highest BCUT2D eigenvalue weighted by Gasteiger charge is 2.29. The molecule has 0 fully saturated rings. The molecule has 2 amide bonds. The van der Waals surface area contributed by atoms with Crippen molar-refractivity contribution in [2.45, 2.75) is 18.9 Å². The molecule has 0 saturated heterocycles. The van der Waals surface area contributed by atoms with E-state index in [1.807, 2.05) is 0 Å². The van der Waals surface area contributed by atoms with Gasteiger partial charge in [-0.1, -0.05) is 0 Å². The fraction of sp³-hybridized carbons (Fsp3) is 0.750. The number of amidine groups is 1. The Labute approximate surface area is 82.6 Å². The fourth-order valence-corrected chi connectivity index (χ4v) is 1.81. The predicted octanol–water partition coefficient (Wildman–Crippen LogP) is 0.921. The molecule has 1 unspecified atom stereocenters. The van der Waals surface area contributed by atoms with E-state index >= 15 is 0 Å². The van der Waals surface area contributed by atoms with Gasteiger partial charge in [0.15, 0.2) is 0 Å². The molecule has 0 aromatic heterocycles. The van der Waals surface area contributed by atoms with Crippen LogP contribution in [0.1, 0.15) is 12.8 Å². The minimum atomic E-state index is -0.216. The van der Waals surface area contributed by atoms with Crippen molar-refractivity contribution >= 4 is 23.6 Å². The Morgan fingerprint density at radius 2 is 2.38 bits per heavy atom. The quantitative estimate of drug-likeness (QED) is 0.688. The van der Waals surface area contributed by atoms with Gasteiger partial charge in [-0.25, -0.2) is 4.79 Å². The van der Waals surface area contributed by atoms with E-state index in [1.54, 1.807) is 23.7 Å². The van der Waals surface area contributed by atoms with E-state index in [4.69, 9.17) is 5.73 Å². The minimum Gasteiger partial charge on any atom is -0.385 e. The number of carbonyl (C=O) groups is 1. The van der Waals surface area contributed by atoms with E-state index in [0.29, 0.717) is 5.84 Å². The maximum Gasteiger partial charge on any atom is 0.345 e. The second-order valence-electron chi connectivity index (χ2n) is 3.08. The van der Waals surface area contributed by atoms with Gasteiger partial charge in [0, 0.05) is 7.05 Å². The Kier molecular flexibility index (Phi) is 3.59. The maximum absolute atomic E-state index is 11.1. The van der Waals surface area contributed by atoms with Crippen LogP contribution in [0.5, 0.6) is 0 Å². The summed E-state index contributed by atoms with van der Waals surface area (Å²) in [4.78, 5) is 16.4. The highest BCUT2D eigenvalue weighted by molar-refractivity contribution is 7.98. The van der Waals surface area contributed by atoms with Crippen LogP contribution in [0, 0.1) is 0 Å². The van der Waals surface area contributed by atoms with Gasteiger partial charge in [-0.2, -0.15) is 16.8 Å². The van der Waals surface area contributed by atoms with Gasteiger partial charge in [0.25, 0.3) is 0 Å². The first-order valence-electron chi connectivity index (χ1n) is 4.26. The Hall–Kier alpha value is -0.710. The third-order valence-electron chi connectivity index (χ3n) is 2.16. The summed E-state index contributed by atoms with van der Waals surface area (Å²) in [5.41, 5.74) is 5.62. The molecule has 0 bridgehead atoms. The van der Waals surface area contributed by atoms with Crippen LogP contribution in [0.3, 0.4) is 0 Å². The fourth-order valence-electron chi connectivity index (χ4n) is 1.36. The molecule has 13 heavy (non-hydrogen) atoms. The van der Waals surface area contributed by atoms with Crippen molar-refractivity contribution in [3.8, 4) is 0 Å². The number of likely N-dealkylation sites (N-methyl/N-ethyl adjacent to an activating group) is 1. The number of nitrogens with two attached hydrogens (primary N) is 1. The monoisotopic (exact) mass is 201 g/mol. The van der Waals surface area contributed by atoms with Gasteiger partial charge < -0.3 is 10.6 Å². The molecule has 1 rings (SSSR count). The number of nitrogens with zero attached hydrogens (tertiary/aromatic N) is 2. The molecule has 1 heterocycles. The van der Waals surface area contributed by atoms with E-state index in [1.165, 1.54) is 0 Å². The summed E-state index contributed by atoms with van der Waals surface area (Å²) < 4.78 is 0. The lowest BCUT2D eigenvalue weighted by molar-refractivity contribution is 0.216. The molecule has 2 N–H and O–H groups in total. The summed E-state index contributed by atoms with van der Waals surface area (Å²) in [6, 6.07) is -0.189. The van der Waals surface area contributed by atoms with Crippen LogP contribution in [0.15, 0.2) is 4.99 Å². The van der Waals surface area contributed by atoms with Crippen molar-refractivity contribution < 1.29 is 4.79 Å². The molecule has 0 spiro atoms. The van der Waals surface area contributed by atoms with Gasteiger partial charge in [0.05, 0.1) is 6.04 Å². The van der Waals surface area contributed by atoms with E-state index < -0.39 is 0 Å². The molecule has 1 aliphatic heterocycles.